The number of fused-ring (bicyclic) bond motifs is 1. The van der Waals surface area contributed by atoms with Gasteiger partial charge < -0.3 is 4.42 Å². The van der Waals surface area contributed by atoms with E-state index in [0.29, 0.717) is 0 Å². The van der Waals surface area contributed by atoms with E-state index < -0.39 is 0 Å². The molecule has 2 nitrogen and oxygen atoms in total. The van der Waals surface area contributed by atoms with Gasteiger partial charge in [-0.3, -0.25) is 0 Å². The van der Waals surface area contributed by atoms with E-state index in [1.165, 1.54) is 0 Å². The normalized spacial score (nSPS) is 12.3. The highest BCUT2D eigenvalue weighted by Crippen LogP contribution is 2.36. The van der Waals surface area contributed by atoms with Crippen molar-refractivity contribution in [1.82, 2.24) is 4.98 Å². The summed E-state index contributed by atoms with van der Waals surface area (Å²) in [4.78, 5) is 5.52. The van der Waals surface area contributed by atoms with Gasteiger partial charge in [0.25, 0.3) is 0 Å². The monoisotopic (exact) mass is 269 g/mol. The molecule has 0 atom stereocenters. The van der Waals surface area contributed by atoms with E-state index in [0.717, 1.165) is 32.7 Å². The van der Waals surface area contributed by atoms with E-state index >= 15 is 0 Å². The number of thioether (sulfide) groups is 1. The summed E-state index contributed by atoms with van der Waals surface area (Å²) >= 11 is 7.89. The molecule has 0 bridgehead atoms. The number of oxazole rings is 1. The molecule has 0 N–H and O–H groups in total. The summed E-state index contributed by atoms with van der Waals surface area (Å²) in [6, 6.07) is 3.80. The minimum absolute atomic E-state index is 0.0837. The first-order chi connectivity index (χ1) is 7.93. The van der Waals surface area contributed by atoms with E-state index in [9.17, 15) is 0 Å². The maximum absolute atomic E-state index is 6.20. The van der Waals surface area contributed by atoms with Crippen LogP contribution in [0.2, 0.25) is 5.02 Å². The lowest BCUT2D eigenvalue weighted by molar-refractivity contribution is 0.409. The Labute approximate surface area is 111 Å². The fourth-order valence-electron chi connectivity index (χ4n) is 1.54. The van der Waals surface area contributed by atoms with Crippen LogP contribution in [0.3, 0.4) is 0 Å². The number of rotatable bonds is 2. The van der Waals surface area contributed by atoms with Gasteiger partial charge in [0.1, 0.15) is 5.52 Å². The fourth-order valence-corrected chi connectivity index (χ4v) is 2.63. The molecule has 1 heterocycles. The summed E-state index contributed by atoms with van der Waals surface area (Å²) in [5.41, 5.74) is 1.61. The molecule has 0 aliphatic rings. The summed E-state index contributed by atoms with van der Waals surface area (Å²) in [5.74, 6) is 1.72. The molecule has 2 aromatic rings. The van der Waals surface area contributed by atoms with E-state index in [1.807, 2.05) is 12.1 Å². The van der Waals surface area contributed by atoms with Crippen molar-refractivity contribution in [3.63, 3.8) is 0 Å². The molecule has 0 aliphatic heterocycles. The van der Waals surface area contributed by atoms with Gasteiger partial charge >= 0.3 is 0 Å². The molecule has 0 amide bonds. The third-order valence-electron chi connectivity index (χ3n) is 2.39. The van der Waals surface area contributed by atoms with Crippen LogP contribution < -0.4 is 0 Å². The molecule has 92 valence electrons. The molecular weight excluding hydrogens is 254 g/mol. The highest BCUT2D eigenvalue weighted by Gasteiger charge is 2.22. The number of nitrogens with zero attached hydrogens (tertiary/aromatic N) is 1. The standard InChI is InChI=1S/C13H16ClNOS/c1-5-17-11-8(14)6-7-9-10(11)16-12(15-9)13(2,3)4/h6-7H,5H2,1-4H3. The third kappa shape index (κ3) is 2.45. The van der Waals surface area contributed by atoms with Gasteiger partial charge in [0.05, 0.1) is 9.92 Å². The molecule has 0 spiro atoms. The lowest BCUT2D eigenvalue weighted by Gasteiger charge is -2.11. The van der Waals surface area contributed by atoms with Crippen LogP contribution in [0, 0.1) is 0 Å². The second-order valence-electron chi connectivity index (χ2n) is 4.93. The predicted molar refractivity (Wildman–Crippen MR) is 74.1 cm³/mol. The van der Waals surface area contributed by atoms with Crippen molar-refractivity contribution >= 4 is 34.5 Å². The summed E-state index contributed by atoms with van der Waals surface area (Å²) in [7, 11) is 0. The number of aromatic nitrogens is 1. The van der Waals surface area contributed by atoms with Gasteiger partial charge in [-0.2, -0.15) is 0 Å². The van der Waals surface area contributed by atoms with Gasteiger partial charge in [-0.05, 0) is 17.9 Å². The molecule has 0 aliphatic carbocycles. The molecule has 0 saturated carbocycles. The van der Waals surface area contributed by atoms with Crippen molar-refractivity contribution < 1.29 is 4.42 Å². The first-order valence-corrected chi connectivity index (χ1v) is 7.02. The molecule has 17 heavy (non-hydrogen) atoms. The first-order valence-electron chi connectivity index (χ1n) is 5.66. The highest BCUT2D eigenvalue weighted by atomic mass is 35.5. The number of hydrogen-bond acceptors (Lipinski definition) is 3. The smallest absolute Gasteiger partial charge is 0.200 e. The quantitative estimate of drug-likeness (QED) is 0.726. The van der Waals surface area contributed by atoms with Gasteiger partial charge in [-0.1, -0.05) is 39.3 Å². The summed E-state index contributed by atoms with van der Waals surface area (Å²) in [5, 5.41) is 0.737. The Morgan fingerprint density at radius 2 is 2.06 bits per heavy atom. The molecular formula is C13H16ClNOS. The fraction of sp³-hybridized carbons (Fsp3) is 0.462. The zero-order valence-corrected chi connectivity index (χ0v) is 12.1. The highest BCUT2D eigenvalue weighted by molar-refractivity contribution is 7.99. The zero-order chi connectivity index (χ0) is 12.6. The van der Waals surface area contributed by atoms with E-state index in [2.05, 4.69) is 32.7 Å². The summed E-state index contributed by atoms with van der Waals surface area (Å²) < 4.78 is 5.88. The van der Waals surface area contributed by atoms with Crippen LogP contribution >= 0.6 is 23.4 Å². The van der Waals surface area contributed by atoms with Crippen LogP contribution in [-0.4, -0.2) is 10.7 Å². The molecule has 2 rings (SSSR count). The van der Waals surface area contributed by atoms with Crippen LogP contribution in [0.1, 0.15) is 33.6 Å². The van der Waals surface area contributed by atoms with Gasteiger partial charge in [-0.25, -0.2) is 4.98 Å². The minimum atomic E-state index is -0.0837. The Morgan fingerprint density at radius 3 is 2.65 bits per heavy atom. The molecule has 0 radical (unpaired) electrons. The summed E-state index contributed by atoms with van der Waals surface area (Å²) in [6.45, 7) is 8.37. The minimum Gasteiger partial charge on any atom is -0.439 e. The Morgan fingerprint density at radius 1 is 1.35 bits per heavy atom. The number of benzene rings is 1. The maximum atomic E-state index is 6.20. The van der Waals surface area contributed by atoms with Gasteiger partial charge in [-0.15, -0.1) is 11.8 Å². The van der Waals surface area contributed by atoms with Crippen LogP contribution in [0.15, 0.2) is 21.4 Å². The Balaban J connectivity index is 2.64. The van der Waals surface area contributed by atoms with Crippen LogP contribution in [0.5, 0.6) is 0 Å². The zero-order valence-electron chi connectivity index (χ0n) is 10.5. The third-order valence-corrected chi connectivity index (χ3v) is 3.80. The average Bonchev–Trinajstić information content (AvgIpc) is 2.66. The van der Waals surface area contributed by atoms with E-state index in [-0.39, 0.29) is 5.41 Å². The Bertz CT molecular complexity index is 542. The lowest BCUT2D eigenvalue weighted by Crippen LogP contribution is -2.10. The molecule has 1 aromatic heterocycles. The molecule has 0 fully saturated rings. The van der Waals surface area contributed by atoms with Crippen molar-refractivity contribution in [3.8, 4) is 0 Å². The van der Waals surface area contributed by atoms with Gasteiger partial charge in [0, 0.05) is 5.41 Å². The average molecular weight is 270 g/mol. The topological polar surface area (TPSA) is 26.0 Å². The second kappa shape index (κ2) is 4.54. The van der Waals surface area contributed by atoms with E-state index in [1.54, 1.807) is 11.8 Å². The van der Waals surface area contributed by atoms with E-state index in [4.69, 9.17) is 16.0 Å². The van der Waals surface area contributed by atoms with Gasteiger partial charge in [0.15, 0.2) is 5.58 Å². The molecule has 0 saturated heterocycles. The predicted octanol–water partition coefficient (Wildman–Crippen LogP) is 4.89. The Kier molecular flexibility index (Phi) is 3.41. The maximum Gasteiger partial charge on any atom is 0.200 e. The largest absolute Gasteiger partial charge is 0.439 e. The van der Waals surface area contributed by atoms with Crippen molar-refractivity contribution in [3.05, 3.63) is 23.0 Å². The number of hydrogen-bond donors (Lipinski definition) is 0. The SMILES string of the molecule is CCSc1c(Cl)ccc2nc(C(C)(C)C)oc12. The van der Waals surface area contributed by atoms with Crippen molar-refractivity contribution in [1.29, 1.82) is 0 Å². The van der Waals surface area contributed by atoms with Crippen molar-refractivity contribution in [2.45, 2.75) is 38.0 Å². The Hall–Kier alpha value is -0.670. The van der Waals surface area contributed by atoms with Crippen LogP contribution in [-0.2, 0) is 5.41 Å². The van der Waals surface area contributed by atoms with Crippen molar-refractivity contribution in [2.24, 2.45) is 0 Å². The lowest BCUT2D eigenvalue weighted by atomic mass is 9.97. The van der Waals surface area contributed by atoms with Crippen molar-refractivity contribution in [2.75, 3.05) is 5.75 Å². The first kappa shape index (κ1) is 12.8. The van der Waals surface area contributed by atoms with Crippen LogP contribution in [0.4, 0.5) is 0 Å². The van der Waals surface area contributed by atoms with Crippen LogP contribution in [0.25, 0.3) is 11.1 Å². The molecule has 0 unspecified atom stereocenters. The molecule has 4 heteroatoms. The number of halogens is 1. The van der Waals surface area contributed by atoms with Gasteiger partial charge in [0.2, 0.25) is 5.89 Å². The molecule has 1 aromatic carbocycles. The second-order valence-corrected chi connectivity index (χ2v) is 6.61. The summed E-state index contributed by atoms with van der Waals surface area (Å²) in [6.07, 6.45) is 0.